The molecule has 0 aliphatic carbocycles. The van der Waals surface area contributed by atoms with Crippen molar-refractivity contribution in [3.8, 4) is 5.75 Å². The first-order valence-corrected chi connectivity index (χ1v) is 9.37. The topological polar surface area (TPSA) is 63.2 Å². The van der Waals surface area contributed by atoms with Crippen molar-refractivity contribution >= 4 is 23.2 Å². The molecular formula is C22H22ClN3O2. The fourth-order valence-corrected chi connectivity index (χ4v) is 3.04. The Bertz CT molecular complexity index is 946. The first-order chi connectivity index (χ1) is 13.7. The molecule has 0 bridgehead atoms. The zero-order valence-corrected chi connectivity index (χ0v) is 16.4. The van der Waals surface area contributed by atoms with E-state index in [1.54, 1.807) is 25.6 Å². The van der Waals surface area contributed by atoms with Crippen molar-refractivity contribution < 1.29 is 9.53 Å². The lowest BCUT2D eigenvalue weighted by molar-refractivity contribution is 0.0950. The van der Waals surface area contributed by atoms with Crippen molar-refractivity contribution in [1.82, 2.24) is 10.3 Å². The minimum atomic E-state index is -0.183. The van der Waals surface area contributed by atoms with Crippen LogP contribution in [0.25, 0.3) is 0 Å². The number of carbonyl (C=O) groups excluding carboxylic acids is 1. The largest absolute Gasteiger partial charge is 0.496 e. The number of para-hydroxylation sites is 1. The lowest BCUT2D eigenvalue weighted by atomic mass is 10.1. The Kier molecular flexibility index (Phi) is 6.87. The number of carbonyl (C=O) groups is 1. The average molecular weight is 396 g/mol. The maximum Gasteiger partial charge on any atom is 0.253 e. The van der Waals surface area contributed by atoms with Crippen molar-refractivity contribution in [1.29, 1.82) is 0 Å². The maximum atomic E-state index is 12.5. The fourth-order valence-electron chi connectivity index (χ4n) is 2.83. The zero-order chi connectivity index (χ0) is 19.8. The summed E-state index contributed by atoms with van der Waals surface area (Å²) in [6, 6.07) is 17.2. The highest BCUT2D eigenvalue weighted by Crippen LogP contribution is 2.17. The molecule has 5 nitrogen and oxygen atoms in total. The van der Waals surface area contributed by atoms with Gasteiger partial charge in [-0.3, -0.25) is 9.78 Å². The third-order valence-corrected chi connectivity index (χ3v) is 4.50. The standard InChI is InChI=1S/C22H22ClN3O2/c1-28-21-8-3-2-6-17(21)14-26-22(27)18-12-20(15-24-13-18)25-10-9-16-5-4-7-19(23)11-16/h2-8,11-13,15,25H,9-10,14H2,1H3,(H,26,27). The van der Waals surface area contributed by atoms with Crippen LogP contribution in [-0.4, -0.2) is 24.5 Å². The third kappa shape index (κ3) is 5.47. The van der Waals surface area contributed by atoms with Gasteiger partial charge in [0, 0.05) is 36.1 Å². The molecule has 1 amide bonds. The van der Waals surface area contributed by atoms with Crippen LogP contribution in [0.4, 0.5) is 5.69 Å². The van der Waals surface area contributed by atoms with Gasteiger partial charge in [-0.15, -0.1) is 0 Å². The van der Waals surface area contributed by atoms with E-state index in [-0.39, 0.29) is 5.91 Å². The summed E-state index contributed by atoms with van der Waals surface area (Å²) in [5.41, 5.74) is 3.37. The van der Waals surface area contributed by atoms with Gasteiger partial charge in [0.15, 0.2) is 0 Å². The van der Waals surface area contributed by atoms with Crippen molar-refractivity contribution in [3.63, 3.8) is 0 Å². The van der Waals surface area contributed by atoms with E-state index in [1.165, 1.54) is 0 Å². The van der Waals surface area contributed by atoms with Gasteiger partial charge in [0.25, 0.3) is 5.91 Å². The van der Waals surface area contributed by atoms with E-state index < -0.39 is 0 Å². The summed E-state index contributed by atoms with van der Waals surface area (Å²) in [6.45, 7) is 1.10. The lowest BCUT2D eigenvalue weighted by Crippen LogP contribution is -2.23. The molecule has 0 saturated heterocycles. The summed E-state index contributed by atoms with van der Waals surface area (Å²) >= 11 is 6.01. The summed E-state index contributed by atoms with van der Waals surface area (Å²) < 4.78 is 5.31. The number of nitrogens with zero attached hydrogens (tertiary/aromatic N) is 1. The molecule has 6 heteroatoms. The van der Waals surface area contributed by atoms with Crippen LogP contribution in [-0.2, 0) is 13.0 Å². The Hall–Kier alpha value is -3.05. The summed E-state index contributed by atoms with van der Waals surface area (Å²) in [6.07, 6.45) is 4.08. The van der Waals surface area contributed by atoms with Gasteiger partial charge in [-0.2, -0.15) is 0 Å². The highest BCUT2D eigenvalue weighted by molar-refractivity contribution is 6.30. The van der Waals surface area contributed by atoms with Gasteiger partial charge < -0.3 is 15.4 Å². The van der Waals surface area contributed by atoms with Crippen molar-refractivity contribution in [2.75, 3.05) is 19.0 Å². The molecule has 0 unspecified atom stereocenters. The molecule has 0 aliphatic heterocycles. The molecule has 3 aromatic rings. The van der Waals surface area contributed by atoms with E-state index in [2.05, 4.69) is 15.6 Å². The summed E-state index contributed by atoms with van der Waals surface area (Å²) in [4.78, 5) is 16.6. The van der Waals surface area contributed by atoms with Gasteiger partial charge >= 0.3 is 0 Å². The first-order valence-electron chi connectivity index (χ1n) is 8.99. The van der Waals surface area contributed by atoms with Crippen LogP contribution in [0.3, 0.4) is 0 Å². The highest BCUT2D eigenvalue weighted by atomic mass is 35.5. The zero-order valence-electron chi connectivity index (χ0n) is 15.6. The van der Waals surface area contributed by atoms with E-state index in [1.807, 2.05) is 48.5 Å². The molecule has 0 aliphatic rings. The smallest absolute Gasteiger partial charge is 0.253 e. The van der Waals surface area contributed by atoms with E-state index in [0.717, 1.165) is 34.0 Å². The number of nitrogens with one attached hydrogen (secondary N) is 2. The number of rotatable bonds is 8. The number of pyridine rings is 1. The van der Waals surface area contributed by atoms with Crippen LogP contribution in [0, 0.1) is 0 Å². The van der Waals surface area contributed by atoms with Gasteiger partial charge in [0.05, 0.1) is 18.4 Å². The number of anilines is 1. The number of benzene rings is 2. The Morgan fingerprint density at radius 1 is 1.11 bits per heavy atom. The van der Waals surface area contributed by atoms with Gasteiger partial charge in [-0.25, -0.2) is 0 Å². The molecule has 2 aromatic carbocycles. The number of amides is 1. The summed E-state index contributed by atoms with van der Waals surface area (Å²) in [5.74, 6) is 0.564. The minimum absolute atomic E-state index is 0.183. The molecule has 28 heavy (non-hydrogen) atoms. The van der Waals surface area contributed by atoms with Gasteiger partial charge in [0.2, 0.25) is 0 Å². The summed E-state index contributed by atoms with van der Waals surface area (Å²) in [7, 11) is 1.61. The first kappa shape index (κ1) is 19.7. The molecule has 0 radical (unpaired) electrons. The van der Waals surface area contributed by atoms with Gasteiger partial charge in [-0.1, -0.05) is 41.9 Å². The molecule has 144 valence electrons. The quantitative estimate of drug-likeness (QED) is 0.596. The molecule has 0 fully saturated rings. The molecule has 2 N–H and O–H groups in total. The Morgan fingerprint density at radius 3 is 2.79 bits per heavy atom. The third-order valence-electron chi connectivity index (χ3n) is 4.26. The van der Waals surface area contributed by atoms with Crippen molar-refractivity contribution in [3.05, 3.63) is 88.7 Å². The number of hydrogen-bond acceptors (Lipinski definition) is 4. The van der Waals surface area contributed by atoms with Crippen LogP contribution in [0.1, 0.15) is 21.5 Å². The highest BCUT2D eigenvalue weighted by Gasteiger charge is 2.09. The van der Waals surface area contributed by atoms with E-state index in [4.69, 9.17) is 16.3 Å². The number of halogens is 1. The molecular weight excluding hydrogens is 374 g/mol. The second-order valence-corrected chi connectivity index (χ2v) is 6.70. The van der Waals surface area contributed by atoms with Crippen LogP contribution in [0.2, 0.25) is 5.02 Å². The SMILES string of the molecule is COc1ccccc1CNC(=O)c1cncc(NCCc2cccc(Cl)c2)c1. The van der Waals surface area contributed by atoms with E-state index in [0.29, 0.717) is 18.7 Å². The van der Waals surface area contributed by atoms with Crippen LogP contribution in [0.15, 0.2) is 67.0 Å². The fraction of sp³-hybridized carbons (Fsp3) is 0.182. The molecule has 3 rings (SSSR count). The van der Waals surface area contributed by atoms with Gasteiger partial charge in [0.1, 0.15) is 5.75 Å². The summed E-state index contributed by atoms with van der Waals surface area (Å²) in [5, 5.41) is 6.93. The number of ether oxygens (including phenoxy) is 1. The van der Waals surface area contributed by atoms with Crippen LogP contribution >= 0.6 is 11.6 Å². The molecule has 0 atom stereocenters. The molecule has 1 heterocycles. The monoisotopic (exact) mass is 395 g/mol. The van der Waals surface area contributed by atoms with Crippen LogP contribution in [0.5, 0.6) is 5.75 Å². The lowest BCUT2D eigenvalue weighted by Gasteiger charge is -2.11. The predicted octanol–water partition coefficient (Wildman–Crippen LogP) is 4.33. The second kappa shape index (κ2) is 9.76. The normalized spacial score (nSPS) is 10.4. The minimum Gasteiger partial charge on any atom is -0.496 e. The number of methoxy groups -OCH3 is 1. The predicted molar refractivity (Wildman–Crippen MR) is 112 cm³/mol. The molecule has 0 spiro atoms. The Morgan fingerprint density at radius 2 is 1.96 bits per heavy atom. The molecule has 0 saturated carbocycles. The Balaban J connectivity index is 1.55. The second-order valence-electron chi connectivity index (χ2n) is 6.26. The van der Waals surface area contributed by atoms with Crippen molar-refractivity contribution in [2.45, 2.75) is 13.0 Å². The van der Waals surface area contributed by atoms with Gasteiger partial charge in [-0.05, 0) is 36.2 Å². The number of aromatic nitrogens is 1. The Labute approximate surface area is 169 Å². The molecule has 1 aromatic heterocycles. The van der Waals surface area contributed by atoms with Crippen molar-refractivity contribution in [2.24, 2.45) is 0 Å². The van der Waals surface area contributed by atoms with E-state index >= 15 is 0 Å². The maximum absolute atomic E-state index is 12.5. The van der Waals surface area contributed by atoms with Crippen LogP contribution < -0.4 is 15.4 Å². The van der Waals surface area contributed by atoms with E-state index in [9.17, 15) is 4.79 Å². The number of hydrogen-bond donors (Lipinski definition) is 2. The average Bonchev–Trinajstić information content (AvgIpc) is 2.72.